The van der Waals surface area contributed by atoms with Crippen LogP contribution in [0.2, 0.25) is 5.02 Å². The van der Waals surface area contributed by atoms with Crippen molar-refractivity contribution in [3.05, 3.63) is 29.3 Å². The van der Waals surface area contributed by atoms with E-state index in [2.05, 4.69) is 20.5 Å². The van der Waals surface area contributed by atoms with Crippen molar-refractivity contribution in [1.82, 2.24) is 15.2 Å². The Hall–Kier alpha value is -1.96. The molecule has 7 nitrogen and oxygen atoms in total. The summed E-state index contributed by atoms with van der Waals surface area (Å²) in [5, 5.41) is 9.96. The minimum absolute atomic E-state index is 0.0509. The number of carbonyl (C=O) groups is 1. The highest BCUT2D eigenvalue weighted by Crippen LogP contribution is 2.18. The lowest BCUT2D eigenvalue weighted by atomic mass is 10.2. The molecule has 1 aromatic carbocycles. The smallest absolute Gasteiger partial charge is 0.252 e. The van der Waals surface area contributed by atoms with Crippen LogP contribution < -0.4 is 5.32 Å². The van der Waals surface area contributed by atoms with Crippen molar-refractivity contribution in [2.45, 2.75) is 18.9 Å². The van der Waals surface area contributed by atoms with Gasteiger partial charge in [-0.3, -0.25) is 15.2 Å². The second-order valence-corrected chi connectivity index (χ2v) is 5.65. The Morgan fingerprint density at radius 3 is 3.00 bits per heavy atom. The number of ether oxygens (including phenoxy) is 2. The highest BCUT2D eigenvalue weighted by Gasteiger charge is 2.16. The molecule has 0 spiro atoms. The number of hydrogen-bond acceptors (Lipinski definition) is 5. The SMILES string of the molecule is O=C(COCC1CCCO1)Nc1n[nH]c(-c2ccc(Cl)cc2)n1. The maximum Gasteiger partial charge on any atom is 0.252 e. The summed E-state index contributed by atoms with van der Waals surface area (Å²) >= 11 is 5.84. The minimum atomic E-state index is -0.301. The molecule has 0 saturated carbocycles. The zero-order valence-electron chi connectivity index (χ0n) is 12.4. The number of benzene rings is 1. The van der Waals surface area contributed by atoms with Crippen LogP contribution in [-0.4, -0.2) is 47.0 Å². The second-order valence-electron chi connectivity index (χ2n) is 5.21. The number of anilines is 1. The van der Waals surface area contributed by atoms with Crippen LogP contribution in [0.15, 0.2) is 24.3 Å². The first kappa shape index (κ1) is 15.9. The van der Waals surface area contributed by atoms with Gasteiger partial charge < -0.3 is 9.47 Å². The van der Waals surface area contributed by atoms with Crippen molar-refractivity contribution in [3.63, 3.8) is 0 Å². The number of hydrogen-bond donors (Lipinski definition) is 2. The van der Waals surface area contributed by atoms with E-state index in [0.29, 0.717) is 17.5 Å². The molecule has 1 aromatic heterocycles. The van der Waals surface area contributed by atoms with E-state index in [1.807, 2.05) is 12.1 Å². The number of H-pyrrole nitrogens is 1. The van der Waals surface area contributed by atoms with Crippen molar-refractivity contribution < 1.29 is 14.3 Å². The van der Waals surface area contributed by atoms with Crippen LogP contribution in [0.1, 0.15) is 12.8 Å². The van der Waals surface area contributed by atoms with E-state index in [9.17, 15) is 4.79 Å². The topological polar surface area (TPSA) is 89.1 Å². The van der Waals surface area contributed by atoms with Gasteiger partial charge in [-0.1, -0.05) is 11.6 Å². The lowest BCUT2D eigenvalue weighted by molar-refractivity contribution is -0.121. The van der Waals surface area contributed by atoms with E-state index >= 15 is 0 Å². The minimum Gasteiger partial charge on any atom is -0.376 e. The molecule has 1 aliphatic heterocycles. The van der Waals surface area contributed by atoms with Gasteiger partial charge in [0.1, 0.15) is 6.61 Å². The van der Waals surface area contributed by atoms with Crippen LogP contribution in [0.5, 0.6) is 0 Å². The Morgan fingerprint density at radius 2 is 2.26 bits per heavy atom. The second kappa shape index (κ2) is 7.54. The van der Waals surface area contributed by atoms with Crippen molar-refractivity contribution in [2.24, 2.45) is 0 Å². The number of nitrogens with zero attached hydrogens (tertiary/aromatic N) is 2. The van der Waals surface area contributed by atoms with Gasteiger partial charge in [-0.2, -0.15) is 4.98 Å². The predicted octanol–water partition coefficient (Wildman–Crippen LogP) is 2.26. The quantitative estimate of drug-likeness (QED) is 0.844. The first-order valence-electron chi connectivity index (χ1n) is 7.38. The van der Waals surface area contributed by atoms with Crippen LogP contribution in [0, 0.1) is 0 Å². The van der Waals surface area contributed by atoms with E-state index in [1.165, 1.54) is 0 Å². The molecule has 8 heteroatoms. The summed E-state index contributed by atoms with van der Waals surface area (Å²) in [6.45, 7) is 1.15. The molecule has 0 radical (unpaired) electrons. The molecule has 2 N–H and O–H groups in total. The standard InChI is InChI=1S/C15H17ClN4O3/c16-11-5-3-10(4-6-11)14-18-15(20-19-14)17-13(21)9-22-8-12-2-1-7-23-12/h3-6,12H,1-2,7-9H2,(H2,17,18,19,20,21). The fourth-order valence-corrected chi connectivity index (χ4v) is 2.40. The van der Waals surface area contributed by atoms with Gasteiger partial charge in [0, 0.05) is 17.2 Å². The maximum atomic E-state index is 11.8. The summed E-state index contributed by atoms with van der Waals surface area (Å²) in [5.41, 5.74) is 0.831. The highest BCUT2D eigenvalue weighted by atomic mass is 35.5. The largest absolute Gasteiger partial charge is 0.376 e. The summed E-state index contributed by atoms with van der Waals surface area (Å²) in [6, 6.07) is 7.16. The van der Waals surface area contributed by atoms with Crippen molar-refractivity contribution in [2.75, 3.05) is 25.1 Å². The molecule has 1 unspecified atom stereocenters. The molecule has 3 rings (SSSR count). The van der Waals surface area contributed by atoms with E-state index in [1.54, 1.807) is 12.1 Å². The third-order valence-corrected chi connectivity index (χ3v) is 3.67. The molecule has 2 aromatic rings. The molecule has 1 fully saturated rings. The zero-order valence-corrected chi connectivity index (χ0v) is 13.2. The average molecular weight is 337 g/mol. The van der Waals surface area contributed by atoms with Gasteiger partial charge >= 0.3 is 0 Å². The van der Waals surface area contributed by atoms with Crippen LogP contribution in [0.3, 0.4) is 0 Å². The predicted molar refractivity (Wildman–Crippen MR) is 85.3 cm³/mol. The number of nitrogens with one attached hydrogen (secondary N) is 2. The van der Waals surface area contributed by atoms with Crippen LogP contribution >= 0.6 is 11.6 Å². The molecular weight excluding hydrogens is 320 g/mol. The average Bonchev–Trinajstić information content (AvgIpc) is 3.20. The Labute approximate surface area is 138 Å². The van der Waals surface area contributed by atoms with E-state index in [0.717, 1.165) is 25.0 Å². The Bertz CT molecular complexity index is 653. The Kier molecular flexibility index (Phi) is 5.22. The van der Waals surface area contributed by atoms with Gasteiger partial charge in [0.25, 0.3) is 5.91 Å². The van der Waals surface area contributed by atoms with E-state index in [-0.39, 0.29) is 24.6 Å². The van der Waals surface area contributed by atoms with Crippen molar-refractivity contribution in [3.8, 4) is 11.4 Å². The summed E-state index contributed by atoms with van der Waals surface area (Å²) in [5.74, 6) is 0.461. The van der Waals surface area contributed by atoms with Crippen molar-refractivity contribution in [1.29, 1.82) is 0 Å². The molecule has 0 bridgehead atoms. The maximum absolute atomic E-state index is 11.8. The molecule has 1 amide bonds. The summed E-state index contributed by atoms with van der Waals surface area (Å²) < 4.78 is 10.8. The molecule has 0 aliphatic carbocycles. The van der Waals surface area contributed by atoms with Gasteiger partial charge in [0.2, 0.25) is 5.95 Å². The highest BCUT2D eigenvalue weighted by molar-refractivity contribution is 6.30. The zero-order chi connectivity index (χ0) is 16.1. The molecule has 1 aliphatic rings. The van der Waals surface area contributed by atoms with Gasteiger partial charge in [-0.25, -0.2) is 0 Å². The van der Waals surface area contributed by atoms with Gasteiger partial charge in [-0.05, 0) is 37.1 Å². The lowest BCUT2D eigenvalue weighted by Crippen LogP contribution is -2.23. The van der Waals surface area contributed by atoms with E-state index in [4.69, 9.17) is 21.1 Å². The Morgan fingerprint density at radius 1 is 1.43 bits per heavy atom. The van der Waals surface area contributed by atoms with Crippen LogP contribution in [0.25, 0.3) is 11.4 Å². The van der Waals surface area contributed by atoms with Gasteiger partial charge in [0.05, 0.1) is 12.7 Å². The number of aromatic nitrogens is 3. The number of aromatic amines is 1. The van der Waals surface area contributed by atoms with Crippen LogP contribution in [-0.2, 0) is 14.3 Å². The van der Waals surface area contributed by atoms with Gasteiger partial charge in [-0.15, -0.1) is 5.10 Å². The van der Waals surface area contributed by atoms with E-state index < -0.39 is 0 Å². The number of carbonyl (C=O) groups excluding carboxylic acids is 1. The normalized spacial score (nSPS) is 17.3. The molecule has 23 heavy (non-hydrogen) atoms. The molecule has 122 valence electrons. The number of rotatable bonds is 6. The van der Waals surface area contributed by atoms with Crippen molar-refractivity contribution >= 4 is 23.5 Å². The third-order valence-electron chi connectivity index (χ3n) is 3.42. The molecule has 2 heterocycles. The molecule has 1 atom stereocenters. The van der Waals surface area contributed by atoms with Gasteiger partial charge in [0.15, 0.2) is 5.82 Å². The summed E-state index contributed by atoms with van der Waals surface area (Å²) in [4.78, 5) is 16.0. The van der Waals surface area contributed by atoms with Crippen LogP contribution in [0.4, 0.5) is 5.95 Å². The fraction of sp³-hybridized carbons (Fsp3) is 0.400. The first-order chi connectivity index (χ1) is 11.2. The third kappa shape index (κ3) is 4.51. The monoisotopic (exact) mass is 336 g/mol. The number of halogens is 1. The number of amides is 1. The summed E-state index contributed by atoms with van der Waals surface area (Å²) in [7, 11) is 0. The first-order valence-corrected chi connectivity index (χ1v) is 7.76. The molecular formula is C15H17ClN4O3. The Balaban J connectivity index is 1.48. The molecule has 1 saturated heterocycles. The fourth-order valence-electron chi connectivity index (χ4n) is 2.27. The lowest BCUT2D eigenvalue weighted by Gasteiger charge is -2.09. The summed E-state index contributed by atoms with van der Waals surface area (Å²) in [6.07, 6.45) is 2.13.